The average molecular weight is 219 g/mol. The number of halogens is 2. The molecular weight excluding hydrogens is 207 g/mol. The molecule has 68 valence electrons. The van der Waals surface area contributed by atoms with E-state index in [4.69, 9.17) is 23.2 Å². The zero-order valence-electron chi connectivity index (χ0n) is 6.55. The molecule has 0 spiro atoms. The molecule has 0 aromatic heterocycles. The van der Waals surface area contributed by atoms with Crippen LogP contribution in [0.1, 0.15) is 13.8 Å². The van der Waals surface area contributed by atoms with Gasteiger partial charge in [0.25, 0.3) is 0 Å². The van der Waals surface area contributed by atoms with E-state index >= 15 is 0 Å². The van der Waals surface area contributed by atoms with Crippen molar-refractivity contribution in [3.63, 3.8) is 0 Å². The fourth-order valence-electron chi connectivity index (χ4n) is 0.572. The second kappa shape index (κ2) is 4.53. The second-order valence-electron chi connectivity index (χ2n) is 2.52. The van der Waals surface area contributed by atoms with E-state index in [1.807, 2.05) is 0 Å². The zero-order valence-corrected chi connectivity index (χ0v) is 8.88. The van der Waals surface area contributed by atoms with Crippen molar-refractivity contribution in [2.75, 3.05) is 11.8 Å². The maximum atomic E-state index is 11.3. The molecule has 0 saturated heterocycles. The topological polar surface area (TPSA) is 34.1 Å². The van der Waals surface area contributed by atoms with E-state index in [0.29, 0.717) is 0 Å². The number of alkyl halides is 2. The Kier molecular flexibility index (Phi) is 4.75. The van der Waals surface area contributed by atoms with E-state index in [1.165, 1.54) is 0 Å². The molecule has 0 N–H and O–H groups in total. The van der Waals surface area contributed by atoms with Crippen LogP contribution in [0.5, 0.6) is 0 Å². The fraction of sp³-hybridized carbons (Fsp3) is 1.00. The van der Waals surface area contributed by atoms with Crippen LogP contribution in [-0.2, 0) is 9.84 Å². The molecule has 0 radical (unpaired) electrons. The Morgan fingerprint density at radius 3 is 1.55 bits per heavy atom. The van der Waals surface area contributed by atoms with Crippen molar-refractivity contribution in [1.82, 2.24) is 0 Å². The normalized spacial score (nSPS) is 17.8. The molecule has 0 heterocycles. The van der Waals surface area contributed by atoms with Crippen molar-refractivity contribution in [1.29, 1.82) is 0 Å². The molecule has 11 heavy (non-hydrogen) atoms. The highest BCUT2D eigenvalue weighted by molar-refractivity contribution is 7.92. The fourth-order valence-corrected chi connectivity index (χ4v) is 2.77. The van der Waals surface area contributed by atoms with Gasteiger partial charge in [-0.15, -0.1) is 23.2 Å². The third kappa shape index (κ3) is 2.80. The predicted molar refractivity (Wildman–Crippen MR) is 49.3 cm³/mol. The standard InChI is InChI=1S/C6H12Cl2O2S/c1-5(3-7)11(9,10)6(2)4-8/h5-6H,3-4H2,1-2H3. The first-order valence-corrected chi connectivity index (χ1v) is 5.99. The molecule has 0 saturated carbocycles. The molecule has 0 aliphatic rings. The minimum absolute atomic E-state index is 0.129. The van der Waals surface area contributed by atoms with Crippen molar-refractivity contribution >= 4 is 33.0 Å². The largest absolute Gasteiger partial charge is 0.228 e. The summed E-state index contributed by atoms with van der Waals surface area (Å²) in [7, 11) is -3.10. The molecule has 0 bridgehead atoms. The summed E-state index contributed by atoms with van der Waals surface area (Å²) in [6, 6.07) is 0. The van der Waals surface area contributed by atoms with Gasteiger partial charge in [0.2, 0.25) is 0 Å². The number of hydrogen-bond donors (Lipinski definition) is 0. The van der Waals surface area contributed by atoms with Crippen LogP contribution in [0.25, 0.3) is 0 Å². The summed E-state index contributed by atoms with van der Waals surface area (Å²) < 4.78 is 22.6. The SMILES string of the molecule is CC(CCl)S(=O)(=O)C(C)CCl. The van der Waals surface area contributed by atoms with Crippen LogP contribution in [0, 0.1) is 0 Å². The lowest BCUT2D eigenvalue weighted by Crippen LogP contribution is -2.30. The van der Waals surface area contributed by atoms with Gasteiger partial charge >= 0.3 is 0 Å². The molecule has 0 amide bonds. The average Bonchev–Trinajstić information content (AvgIpc) is 2.01. The number of hydrogen-bond acceptors (Lipinski definition) is 2. The van der Waals surface area contributed by atoms with Gasteiger partial charge in [0.1, 0.15) is 0 Å². The lowest BCUT2D eigenvalue weighted by molar-refractivity contribution is 0.579. The third-order valence-corrected chi connectivity index (χ3v) is 5.42. The molecule has 0 aliphatic heterocycles. The first-order chi connectivity index (χ1) is 4.96. The van der Waals surface area contributed by atoms with E-state index in [9.17, 15) is 8.42 Å². The van der Waals surface area contributed by atoms with Gasteiger partial charge in [-0.25, -0.2) is 8.42 Å². The van der Waals surface area contributed by atoms with Crippen molar-refractivity contribution in [2.45, 2.75) is 24.3 Å². The van der Waals surface area contributed by atoms with Gasteiger partial charge in [-0.2, -0.15) is 0 Å². The molecular formula is C6H12Cl2O2S. The monoisotopic (exact) mass is 218 g/mol. The summed E-state index contributed by atoms with van der Waals surface area (Å²) in [5.41, 5.74) is 0. The predicted octanol–water partition coefficient (Wildman–Crippen LogP) is 1.66. The Balaban J connectivity index is 4.46. The third-order valence-electron chi connectivity index (χ3n) is 1.56. The molecule has 0 aliphatic carbocycles. The van der Waals surface area contributed by atoms with Gasteiger partial charge in [0.05, 0.1) is 10.5 Å². The van der Waals surface area contributed by atoms with Crippen LogP contribution in [0.2, 0.25) is 0 Å². The lowest BCUT2D eigenvalue weighted by Gasteiger charge is -2.13. The molecule has 0 fully saturated rings. The lowest BCUT2D eigenvalue weighted by atomic mass is 10.5. The Bertz CT molecular complexity index is 185. The van der Waals surface area contributed by atoms with Gasteiger partial charge in [-0.3, -0.25) is 0 Å². The van der Waals surface area contributed by atoms with Gasteiger partial charge in [-0.05, 0) is 13.8 Å². The first kappa shape index (κ1) is 11.5. The van der Waals surface area contributed by atoms with Gasteiger partial charge in [0.15, 0.2) is 9.84 Å². The van der Waals surface area contributed by atoms with Crippen molar-refractivity contribution in [3.05, 3.63) is 0 Å². The summed E-state index contributed by atoms with van der Waals surface area (Å²) >= 11 is 10.8. The Morgan fingerprint density at radius 2 is 1.36 bits per heavy atom. The summed E-state index contributed by atoms with van der Waals surface area (Å²) in [6.07, 6.45) is 0. The summed E-state index contributed by atoms with van der Waals surface area (Å²) in [5, 5.41) is -1.00. The molecule has 5 heteroatoms. The highest BCUT2D eigenvalue weighted by Crippen LogP contribution is 2.11. The molecule has 0 aromatic rings. The maximum absolute atomic E-state index is 11.3. The molecule has 0 rings (SSSR count). The van der Waals surface area contributed by atoms with E-state index in [0.717, 1.165) is 0 Å². The zero-order chi connectivity index (χ0) is 9.07. The number of sulfone groups is 1. The molecule has 2 nitrogen and oxygen atoms in total. The van der Waals surface area contributed by atoms with Crippen LogP contribution in [-0.4, -0.2) is 30.7 Å². The highest BCUT2D eigenvalue weighted by Gasteiger charge is 2.26. The Labute approximate surface area is 77.8 Å². The molecule has 2 atom stereocenters. The number of rotatable bonds is 4. The van der Waals surface area contributed by atoms with Crippen molar-refractivity contribution < 1.29 is 8.42 Å². The Morgan fingerprint density at radius 1 is 1.09 bits per heavy atom. The summed E-state index contributed by atoms with van der Waals surface area (Å²) in [4.78, 5) is 0. The quantitative estimate of drug-likeness (QED) is 0.674. The van der Waals surface area contributed by atoms with E-state index < -0.39 is 20.3 Å². The highest BCUT2D eigenvalue weighted by atomic mass is 35.5. The Hall–Kier alpha value is 0.530. The van der Waals surface area contributed by atoms with Crippen LogP contribution >= 0.6 is 23.2 Å². The van der Waals surface area contributed by atoms with E-state index in [1.54, 1.807) is 13.8 Å². The summed E-state index contributed by atoms with van der Waals surface area (Å²) in [5.74, 6) is 0.257. The van der Waals surface area contributed by atoms with Crippen molar-refractivity contribution in [2.24, 2.45) is 0 Å². The smallest absolute Gasteiger partial charge is 0.157 e. The second-order valence-corrected chi connectivity index (χ2v) is 5.92. The van der Waals surface area contributed by atoms with Crippen LogP contribution in [0.4, 0.5) is 0 Å². The maximum Gasteiger partial charge on any atom is 0.157 e. The minimum atomic E-state index is -3.10. The first-order valence-electron chi connectivity index (χ1n) is 3.31. The van der Waals surface area contributed by atoms with Gasteiger partial charge < -0.3 is 0 Å². The van der Waals surface area contributed by atoms with Crippen molar-refractivity contribution in [3.8, 4) is 0 Å². The van der Waals surface area contributed by atoms with Crippen LogP contribution in [0.15, 0.2) is 0 Å². The molecule has 2 unspecified atom stereocenters. The summed E-state index contributed by atoms with van der Waals surface area (Å²) in [6.45, 7) is 3.18. The minimum Gasteiger partial charge on any atom is -0.228 e. The van der Waals surface area contributed by atoms with Gasteiger partial charge in [-0.1, -0.05) is 0 Å². The van der Waals surface area contributed by atoms with Gasteiger partial charge in [0, 0.05) is 11.8 Å². The van der Waals surface area contributed by atoms with Crippen LogP contribution in [0.3, 0.4) is 0 Å². The van der Waals surface area contributed by atoms with E-state index in [-0.39, 0.29) is 11.8 Å². The van der Waals surface area contributed by atoms with E-state index in [2.05, 4.69) is 0 Å². The molecule has 0 aromatic carbocycles. The van der Waals surface area contributed by atoms with Crippen LogP contribution < -0.4 is 0 Å².